The van der Waals surface area contributed by atoms with E-state index in [0.717, 1.165) is 49.8 Å². The lowest BCUT2D eigenvalue weighted by molar-refractivity contribution is -0.164. The fraction of sp³-hybridized carbons (Fsp3) is 0.391. The molecule has 0 amide bonds. The van der Waals surface area contributed by atoms with Crippen molar-refractivity contribution in [2.75, 3.05) is 25.5 Å². The van der Waals surface area contributed by atoms with Crippen molar-refractivity contribution < 1.29 is 26.3 Å². The van der Waals surface area contributed by atoms with Crippen molar-refractivity contribution in [3.8, 4) is 0 Å². The molecule has 1 N–H and O–H groups in total. The molecule has 1 heterocycles. The Morgan fingerprint density at radius 1 is 1.03 bits per heavy atom. The van der Waals surface area contributed by atoms with Gasteiger partial charge in [0.1, 0.15) is 0 Å². The molecule has 9 heteroatoms. The number of piperidine rings is 1. The van der Waals surface area contributed by atoms with Crippen LogP contribution in [0.15, 0.2) is 58.8 Å². The third-order valence-electron chi connectivity index (χ3n) is 5.34. The molecule has 0 aliphatic carbocycles. The quantitative estimate of drug-likeness (QED) is 0.355. The topological polar surface area (TPSA) is 15.3 Å². The van der Waals surface area contributed by atoms with Crippen molar-refractivity contribution in [2.24, 2.45) is 0 Å². The normalized spacial score (nSPS) is 16.2. The van der Waals surface area contributed by atoms with Gasteiger partial charge in [0.2, 0.25) is 0 Å². The van der Waals surface area contributed by atoms with E-state index in [1.54, 1.807) is 24.3 Å². The summed E-state index contributed by atoms with van der Waals surface area (Å²) in [5.74, 6) is 0. The van der Waals surface area contributed by atoms with Gasteiger partial charge in [-0.15, -0.1) is 6.58 Å². The molecular weight excluding hydrogens is 450 g/mol. The van der Waals surface area contributed by atoms with Crippen LogP contribution >= 0.6 is 11.8 Å². The lowest BCUT2D eigenvalue weighted by atomic mass is 9.97. The van der Waals surface area contributed by atoms with Gasteiger partial charge < -0.3 is 10.2 Å². The van der Waals surface area contributed by atoms with Crippen LogP contribution in [0.4, 0.5) is 32.0 Å². The third kappa shape index (κ3) is 6.01. The zero-order chi connectivity index (χ0) is 23.5. The fourth-order valence-electron chi connectivity index (χ4n) is 3.81. The average molecular weight is 475 g/mol. The number of rotatable bonds is 6. The summed E-state index contributed by atoms with van der Waals surface area (Å²) < 4.78 is 82.5. The standard InChI is InChI=1S/C23H24F6N2S/c1-3-5-15-8-9-19(21(23(27,28)29)20(15)22(24,25)26)32-18-7-4-6-17(14-18)30-16-10-12-31(2)13-11-16/h3-4,6-9,14,16,30H,1,5,10-13H2,2H3. The molecule has 0 aromatic heterocycles. The Kier molecular flexibility index (Phi) is 7.50. The predicted molar refractivity (Wildman–Crippen MR) is 115 cm³/mol. The number of likely N-dealkylation sites (tertiary alicyclic amines) is 1. The molecular formula is C23H24F6N2S. The summed E-state index contributed by atoms with van der Waals surface area (Å²) in [5, 5.41) is 3.38. The SMILES string of the molecule is C=CCc1ccc(Sc2cccc(NC3CCN(C)CC3)c2)c(C(F)(F)F)c1C(F)(F)F. The highest BCUT2D eigenvalue weighted by molar-refractivity contribution is 7.99. The smallest absolute Gasteiger partial charge is 0.382 e. The Balaban J connectivity index is 1.94. The van der Waals surface area contributed by atoms with Gasteiger partial charge in [-0.05, 0) is 69.2 Å². The van der Waals surface area contributed by atoms with Gasteiger partial charge in [0.05, 0.1) is 11.1 Å². The molecule has 0 radical (unpaired) electrons. The number of halogens is 6. The summed E-state index contributed by atoms with van der Waals surface area (Å²) in [6.07, 6.45) is -7.57. The molecule has 2 aromatic carbocycles. The number of nitrogens with one attached hydrogen (secondary N) is 1. The molecule has 0 saturated carbocycles. The van der Waals surface area contributed by atoms with E-state index in [2.05, 4.69) is 16.8 Å². The highest BCUT2D eigenvalue weighted by Crippen LogP contribution is 2.48. The van der Waals surface area contributed by atoms with E-state index < -0.39 is 33.9 Å². The molecule has 174 valence electrons. The number of nitrogens with zero attached hydrogens (tertiary/aromatic N) is 1. The molecule has 1 saturated heterocycles. The van der Waals surface area contributed by atoms with Gasteiger partial charge in [-0.25, -0.2) is 0 Å². The third-order valence-corrected chi connectivity index (χ3v) is 6.39. The first-order valence-electron chi connectivity index (χ1n) is 10.1. The van der Waals surface area contributed by atoms with Crippen LogP contribution in [0, 0.1) is 0 Å². The summed E-state index contributed by atoms with van der Waals surface area (Å²) >= 11 is 0.681. The summed E-state index contributed by atoms with van der Waals surface area (Å²) in [7, 11) is 2.04. The van der Waals surface area contributed by atoms with E-state index in [4.69, 9.17) is 0 Å². The second-order valence-corrected chi connectivity index (χ2v) is 8.93. The summed E-state index contributed by atoms with van der Waals surface area (Å²) in [4.78, 5) is 2.17. The molecule has 0 bridgehead atoms. The van der Waals surface area contributed by atoms with Gasteiger partial charge in [-0.3, -0.25) is 0 Å². The van der Waals surface area contributed by atoms with Gasteiger partial charge >= 0.3 is 12.4 Å². The van der Waals surface area contributed by atoms with Crippen molar-refractivity contribution in [3.63, 3.8) is 0 Å². The molecule has 0 spiro atoms. The van der Waals surface area contributed by atoms with Crippen molar-refractivity contribution >= 4 is 17.4 Å². The Hall–Kier alpha value is -2.13. The van der Waals surface area contributed by atoms with E-state index in [9.17, 15) is 26.3 Å². The first kappa shape index (κ1) is 24.5. The molecule has 3 rings (SSSR count). The lowest BCUT2D eigenvalue weighted by Crippen LogP contribution is -2.36. The molecule has 1 fully saturated rings. The van der Waals surface area contributed by atoms with Gasteiger partial charge in [-0.2, -0.15) is 26.3 Å². The first-order chi connectivity index (χ1) is 15.0. The highest BCUT2D eigenvalue weighted by Gasteiger charge is 2.46. The number of alkyl halides is 6. The van der Waals surface area contributed by atoms with E-state index in [0.29, 0.717) is 16.7 Å². The Morgan fingerprint density at radius 3 is 2.28 bits per heavy atom. The summed E-state index contributed by atoms with van der Waals surface area (Å²) in [6, 6.07) is 9.21. The van der Waals surface area contributed by atoms with Crippen LogP contribution in [0.25, 0.3) is 0 Å². The minimum atomic E-state index is -5.16. The van der Waals surface area contributed by atoms with Crippen LogP contribution in [0.1, 0.15) is 29.5 Å². The summed E-state index contributed by atoms with van der Waals surface area (Å²) in [6.45, 7) is 5.25. The lowest BCUT2D eigenvalue weighted by Gasteiger charge is -2.30. The minimum Gasteiger partial charge on any atom is -0.382 e. The van der Waals surface area contributed by atoms with E-state index in [-0.39, 0.29) is 12.5 Å². The minimum absolute atomic E-state index is 0.243. The van der Waals surface area contributed by atoms with Crippen LogP contribution in [-0.2, 0) is 18.8 Å². The van der Waals surface area contributed by atoms with Crippen molar-refractivity contribution in [1.29, 1.82) is 0 Å². The maximum Gasteiger partial charge on any atom is 0.418 e. The van der Waals surface area contributed by atoms with Crippen LogP contribution in [0.3, 0.4) is 0 Å². The second-order valence-electron chi connectivity index (χ2n) is 7.81. The number of anilines is 1. The van der Waals surface area contributed by atoms with Crippen molar-refractivity contribution in [1.82, 2.24) is 4.90 Å². The number of hydrogen-bond acceptors (Lipinski definition) is 3. The second kappa shape index (κ2) is 9.79. The fourth-order valence-corrected chi connectivity index (χ4v) is 4.85. The van der Waals surface area contributed by atoms with E-state index in [1.807, 2.05) is 7.05 Å². The van der Waals surface area contributed by atoms with Gasteiger partial charge in [-0.1, -0.05) is 30.0 Å². The predicted octanol–water partition coefficient (Wildman–Crippen LogP) is 7.11. The van der Waals surface area contributed by atoms with Gasteiger partial charge in [0.15, 0.2) is 0 Å². The van der Waals surface area contributed by atoms with Gasteiger partial charge in [0, 0.05) is 21.5 Å². The molecule has 2 nitrogen and oxygen atoms in total. The van der Waals surface area contributed by atoms with E-state index in [1.165, 1.54) is 0 Å². The highest BCUT2D eigenvalue weighted by atomic mass is 32.2. The summed E-state index contributed by atoms with van der Waals surface area (Å²) in [5.41, 5.74) is -3.00. The first-order valence-corrected chi connectivity index (χ1v) is 10.9. The maximum atomic E-state index is 13.8. The average Bonchev–Trinajstić information content (AvgIpc) is 2.69. The zero-order valence-corrected chi connectivity index (χ0v) is 18.3. The Labute approximate surface area is 187 Å². The van der Waals surface area contributed by atoms with Crippen LogP contribution in [0.2, 0.25) is 0 Å². The molecule has 1 aliphatic heterocycles. The molecule has 2 aromatic rings. The number of benzene rings is 2. The van der Waals surface area contributed by atoms with Crippen LogP contribution in [0.5, 0.6) is 0 Å². The Morgan fingerprint density at radius 2 is 1.69 bits per heavy atom. The van der Waals surface area contributed by atoms with Crippen molar-refractivity contribution in [2.45, 2.75) is 47.4 Å². The monoisotopic (exact) mass is 474 g/mol. The molecule has 1 aliphatic rings. The zero-order valence-electron chi connectivity index (χ0n) is 17.5. The maximum absolute atomic E-state index is 13.8. The molecule has 32 heavy (non-hydrogen) atoms. The van der Waals surface area contributed by atoms with Crippen molar-refractivity contribution in [3.05, 3.63) is 65.7 Å². The van der Waals surface area contributed by atoms with Crippen LogP contribution < -0.4 is 5.32 Å². The number of allylic oxidation sites excluding steroid dienone is 1. The largest absolute Gasteiger partial charge is 0.418 e. The van der Waals surface area contributed by atoms with Crippen LogP contribution in [-0.4, -0.2) is 31.1 Å². The van der Waals surface area contributed by atoms with E-state index >= 15 is 0 Å². The van der Waals surface area contributed by atoms with Gasteiger partial charge in [0.25, 0.3) is 0 Å². The Bertz CT molecular complexity index is 946. The molecule has 0 atom stereocenters. The number of hydrogen-bond donors (Lipinski definition) is 1. The molecule has 0 unspecified atom stereocenters.